The van der Waals surface area contributed by atoms with Gasteiger partial charge in [-0.15, -0.1) is 0 Å². The lowest BCUT2D eigenvalue weighted by atomic mass is 10.1. The molecule has 0 rings (SSSR count). The predicted molar refractivity (Wildman–Crippen MR) is 41.6 cm³/mol. The second-order valence-electron chi connectivity index (χ2n) is 2.66. The zero-order valence-corrected chi connectivity index (χ0v) is 7.05. The summed E-state index contributed by atoms with van der Waals surface area (Å²) >= 11 is 0. The van der Waals surface area contributed by atoms with Crippen molar-refractivity contribution in [3.05, 3.63) is 0 Å². The van der Waals surface area contributed by atoms with Crippen LogP contribution in [0.15, 0.2) is 0 Å². The normalized spacial score (nSPS) is 18.8. The van der Waals surface area contributed by atoms with Crippen LogP contribution in [-0.2, 0) is 4.74 Å². The van der Waals surface area contributed by atoms with Gasteiger partial charge in [0.25, 0.3) is 0 Å². The maximum Gasteiger partial charge on any atom is 0.103 e. The summed E-state index contributed by atoms with van der Waals surface area (Å²) in [6.07, 6.45) is -3.13. The summed E-state index contributed by atoms with van der Waals surface area (Å²) < 4.78 is 4.59. The fraction of sp³-hybridized carbons (Fsp3) is 1.00. The van der Waals surface area contributed by atoms with Crippen molar-refractivity contribution in [1.82, 2.24) is 0 Å². The Labute approximate surface area is 71.2 Å². The van der Waals surface area contributed by atoms with E-state index in [0.717, 1.165) is 0 Å². The third kappa shape index (κ3) is 4.63. The van der Waals surface area contributed by atoms with Crippen molar-refractivity contribution >= 4 is 0 Å². The van der Waals surface area contributed by atoms with Crippen molar-refractivity contribution in [1.29, 1.82) is 0 Å². The van der Waals surface area contributed by atoms with E-state index in [1.165, 1.54) is 7.11 Å². The van der Waals surface area contributed by atoms with Gasteiger partial charge in [-0.1, -0.05) is 0 Å². The second-order valence-corrected chi connectivity index (χ2v) is 2.66. The lowest BCUT2D eigenvalue weighted by Crippen LogP contribution is -2.34. The fourth-order valence-electron chi connectivity index (χ4n) is 0.792. The van der Waals surface area contributed by atoms with Crippen molar-refractivity contribution in [3.63, 3.8) is 0 Å². The first-order valence-corrected chi connectivity index (χ1v) is 3.75. The maximum atomic E-state index is 9.15. The molecule has 3 atom stereocenters. The van der Waals surface area contributed by atoms with Crippen LogP contribution in [0.1, 0.15) is 6.42 Å². The molecule has 0 aromatic carbocycles. The molecule has 0 heterocycles. The number of aliphatic hydroxyl groups is 4. The summed E-state index contributed by atoms with van der Waals surface area (Å²) in [5.41, 5.74) is 0. The maximum absolute atomic E-state index is 9.15. The van der Waals surface area contributed by atoms with Gasteiger partial charge in [-0.05, 0) is 0 Å². The molecule has 0 aromatic heterocycles. The second kappa shape index (κ2) is 6.33. The van der Waals surface area contributed by atoms with Gasteiger partial charge in [-0.2, -0.15) is 0 Å². The molecule has 74 valence electrons. The van der Waals surface area contributed by atoms with E-state index in [1.54, 1.807) is 0 Å². The first-order chi connectivity index (χ1) is 5.61. The number of hydrogen-bond acceptors (Lipinski definition) is 5. The molecule has 4 N–H and O–H groups in total. The highest BCUT2D eigenvalue weighted by atomic mass is 16.5. The van der Waals surface area contributed by atoms with E-state index in [4.69, 9.17) is 20.4 Å². The molecule has 3 unspecified atom stereocenters. The van der Waals surface area contributed by atoms with Crippen LogP contribution in [0.2, 0.25) is 0 Å². The van der Waals surface area contributed by atoms with Crippen molar-refractivity contribution in [3.8, 4) is 0 Å². The molecule has 12 heavy (non-hydrogen) atoms. The highest BCUT2D eigenvalue weighted by Crippen LogP contribution is 2.03. The minimum atomic E-state index is -1.06. The lowest BCUT2D eigenvalue weighted by molar-refractivity contribution is -0.0514. The summed E-state index contributed by atoms with van der Waals surface area (Å²) in [7, 11) is 1.40. The van der Waals surface area contributed by atoms with Gasteiger partial charge in [0.2, 0.25) is 0 Å². The number of methoxy groups -OCH3 is 1. The Morgan fingerprint density at radius 1 is 1.17 bits per heavy atom. The van der Waals surface area contributed by atoms with Crippen LogP contribution in [0.4, 0.5) is 0 Å². The van der Waals surface area contributed by atoms with Gasteiger partial charge in [0.15, 0.2) is 0 Å². The Morgan fingerprint density at radius 2 is 1.75 bits per heavy atom. The van der Waals surface area contributed by atoms with Crippen LogP contribution in [0, 0.1) is 0 Å². The molecular formula is C7H16O5. The monoisotopic (exact) mass is 180 g/mol. The first kappa shape index (κ1) is 11.8. The largest absolute Gasteiger partial charge is 0.394 e. The Balaban J connectivity index is 3.62. The molecule has 0 radical (unpaired) electrons. The van der Waals surface area contributed by atoms with Gasteiger partial charge < -0.3 is 25.2 Å². The molecule has 5 nitrogen and oxygen atoms in total. The van der Waals surface area contributed by atoms with Crippen LogP contribution in [0.3, 0.4) is 0 Å². The quantitative estimate of drug-likeness (QED) is 0.383. The van der Waals surface area contributed by atoms with Crippen LogP contribution in [0.25, 0.3) is 0 Å². The predicted octanol–water partition coefficient (Wildman–Crippen LogP) is -1.90. The molecule has 0 saturated carbocycles. The summed E-state index contributed by atoms with van der Waals surface area (Å²) in [6, 6.07) is 0. The van der Waals surface area contributed by atoms with E-state index < -0.39 is 24.9 Å². The van der Waals surface area contributed by atoms with Crippen LogP contribution >= 0.6 is 0 Å². The minimum absolute atomic E-state index is 0.0132. The molecule has 0 bridgehead atoms. The van der Waals surface area contributed by atoms with E-state index in [2.05, 4.69) is 4.74 Å². The van der Waals surface area contributed by atoms with Crippen LogP contribution < -0.4 is 0 Å². The number of aliphatic hydroxyl groups excluding tert-OH is 4. The van der Waals surface area contributed by atoms with Gasteiger partial charge in [-0.3, -0.25) is 0 Å². The Morgan fingerprint density at radius 3 is 2.17 bits per heavy atom. The van der Waals surface area contributed by atoms with Crippen molar-refractivity contribution < 1.29 is 25.2 Å². The third-order valence-electron chi connectivity index (χ3n) is 1.51. The minimum Gasteiger partial charge on any atom is -0.394 e. The summed E-state index contributed by atoms with van der Waals surface area (Å²) in [4.78, 5) is 0. The van der Waals surface area contributed by atoms with Crippen molar-refractivity contribution in [2.24, 2.45) is 0 Å². The number of hydrogen-bond donors (Lipinski definition) is 4. The molecule has 0 saturated heterocycles. The first-order valence-electron chi connectivity index (χ1n) is 3.75. The fourth-order valence-corrected chi connectivity index (χ4v) is 0.792. The third-order valence-corrected chi connectivity index (χ3v) is 1.51. The van der Waals surface area contributed by atoms with Gasteiger partial charge in [0, 0.05) is 13.5 Å². The molecule has 0 aliphatic heterocycles. The summed E-state index contributed by atoms with van der Waals surface area (Å²) in [6.45, 7) is -0.407. The zero-order valence-electron chi connectivity index (χ0n) is 7.05. The van der Waals surface area contributed by atoms with Gasteiger partial charge in [0.1, 0.15) is 6.10 Å². The van der Waals surface area contributed by atoms with Crippen LogP contribution in [-0.4, -0.2) is 59.1 Å². The molecule has 0 spiro atoms. The van der Waals surface area contributed by atoms with E-state index in [0.29, 0.717) is 0 Å². The summed E-state index contributed by atoms with van der Waals surface area (Å²) in [5, 5.41) is 35.5. The molecule has 0 aliphatic rings. The molecule has 0 amide bonds. The van der Waals surface area contributed by atoms with Crippen molar-refractivity contribution in [2.75, 3.05) is 20.3 Å². The van der Waals surface area contributed by atoms with E-state index >= 15 is 0 Å². The molecule has 0 fully saturated rings. The van der Waals surface area contributed by atoms with Crippen molar-refractivity contribution in [2.45, 2.75) is 24.7 Å². The van der Waals surface area contributed by atoms with E-state index in [1.807, 2.05) is 0 Å². The smallest absolute Gasteiger partial charge is 0.103 e. The molecule has 0 aromatic rings. The Kier molecular flexibility index (Phi) is 6.23. The Hall–Kier alpha value is -0.200. The van der Waals surface area contributed by atoms with E-state index in [-0.39, 0.29) is 13.0 Å². The highest BCUT2D eigenvalue weighted by molar-refractivity contribution is 4.70. The average Bonchev–Trinajstić information content (AvgIpc) is 2.04. The average molecular weight is 180 g/mol. The Bertz CT molecular complexity index is 108. The van der Waals surface area contributed by atoms with Gasteiger partial charge in [0.05, 0.1) is 25.4 Å². The summed E-state index contributed by atoms with van der Waals surface area (Å²) in [5.74, 6) is 0. The topological polar surface area (TPSA) is 90.2 Å². The number of rotatable bonds is 6. The van der Waals surface area contributed by atoms with E-state index in [9.17, 15) is 0 Å². The van der Waals surface area contributed by atoms with Gasteiger partial charge >= 0.3 is 0 Å². The lowest BCUT2D eigenvalue weighted by Gasteiger charge is -2.18. The molecule has 0 aliphatic carbocycles. The SMILES string of the molecule is COCC(O)C(O)CC(O)CO. The molecular weight excluding hydrogens is 164 g/mol. The highest BCUT2D eigenvalue weighted by Gasteiger charge is 2.19. The molecule has 5 heteroatoms. The van der Waals surface area contributed by atoms with Gasteiger partial charge in [-0.25, -0.2) is 0 Å². The number of ether oxygens (including phenoxy) is 1. The standard InChI is InChI=1S/C7H16O5/c1-12-4-7(11)6(10)2-5(9)3-8/h5-11H,2-4H2,1H3. The van der Waals surface area contributed by atoms with Crippen LogP contribution in [0.5, 0.6) is 0 Å². The zero-order chi connectivity index (χ0) is 9.56.